The van der Waals surface area contributed by atoms with Gasteiger partial charge in [0.25, 0.3) is 0 Å². The number of aryl methyl sites for hydroxylation is 1. The predicted molar refractivity (Wildman–Crippen MR) is 50.9 cm³/mol. The topological polar surface area (TPSA) is 38.9 Å². The first-order valence-electron chi connectivity index (χ1n) is 3.99. The predicted octanol–water partition coefficient (Wildman–Crippen LogP) is 2.26. The molecule has 1 heterocycles. The van der Waals surface area contributed by atoms with E-state index >= 15 is 0 Å². The lowest BCUT2D eigenvalue weighted by Crippen LogP contribution is -1.94. The second-order valence-electron chi connectivity index (χ2n) is 2.97. The van der Waals surface area contributed by atoms with Crippen molar-refractivity contribution in [1.29, 1.82) is 0 Å². The summed E-state index contributed by atoms with van der Waals surface area (Å²) in [6.45, 7) is 1.86. The van der Waals surface area contributed by atoms with E-state index < -0.39 is 0 Å². The summed E-state index contributed by atoms with van der Waals surface area (Å²) < 4.78 is 13.2. The van der Waals surface area contributed by atoms with E-state index in [1.165, 1.54) is 12.3 Å². The lowest BCUT2D eigenvalue weighted by atomic mass is 10.1. The van der Waals surface area contributed by atoms with Crippen molar-refractivity contribution in [2.24, 2.45) is 0 Å². The summed E-state index contributed by atoms with van der Waals surface area (Å²) in [6, 6.07) is 4.87. The first kappa shape index (κ1) is 7.98. The van der Waals surface area contributed by atoms with Crippen molar-refractivity contribution in [3.8, 4) is 0 Å². The smallest absolute Gasteiger partial charge is 0.149 e. The molecule has 0 saturated heterocycles. The normalized spacial score (nSPS) is 10.6. The van der Waals surface area contributed by atoms with Crippen LogP contribution in [0.4, 0.5) is 10.1 Å². The molecule has 2 rings (SSSR count). The molecule has 0 fully saturated rings. The summed E-state index contributed by atoms with van der Waals surface area (Å²) in [5.74, 6) is -0.305. The van der Waals surface area contributed by atoms with Gasteiger partial charge in [0.15, 0.2) is 0 Å². The van der Waals surface area contributed by atoms with Gasteiger partial charge in [0.2, 0.25) is 0 Å². The highest BCUT2D eigenvalue weighted by molar-refractivity contribution is 5.85. The zero-order chi connectivity index (χ0) is 9.42. The molecule has 2 N–H and O–H groups in total. The monoisotopic (exact) mass is 176 g/mol. The summed E-state index contributed by atoms with van der Waals surface area (Å²) in [7, 11) is 0. The third-order valence-electron chi connectivity index (χ3n) is 2.16. The van der Waals surface area contributed by atoms with Crippen molar-refractivity contribution < 1.29 is 4.39 Å². The highest BCUT2D eigenvalue weighted by Crippen LogP contribution is 2.22. The number of para-hydroxylation sites is 1. The Hall–Kier alpha value is -1.64. The number of fused-ring (bicyclic) bond motifs is 1. The molecule has 0 unspecified atom stereocenters. The van der Waals surface area contributed by atoms with Gasteiger partial charge in [-0.2, -0.15) is 0 Å². The number of aromatic nitrogens is 1. The maximum atomic E-state index is 13.2. The fraction of sp³-hybridized carbons (Fsp3) is 0.100. The molecule has 0 aliphatic heterocycles. The number of halogens is 1. The molecular weight excluding hydrogens is 167 g/mol. The second kappa shape index (κ2) is 2.69. The number of hydrogen-bond donors (Lipinski definition) is 1. The minimum Gasteiger partial charge on any atom is -0.397 e. The molecule has 0 radical (unpaired) electrons. The first-order chi connectivity index (χ1) is 6.20. The molecule has 0 bridgehead atoms. The highest BCUT2D eigenvalue weighted by Gasteiger charge is 2.05. The number of nitrogen functional groups attached to an aromatic ring is 1. The van der Waals surface area contributed by atoms with Crippen molar-refractivity contribution in [2.45, 2.75) is 6.92 Å². The fourth-order valence-corrected chi connectivity index (χ4v) is 1.34. The molecule has 2 nitrogen and oxygen atoms in total. The van der Waals surface area contributed by atoms with Crippen molar-refractivity contribution in [1.82, 2.24) is 4.98 Å². The van der Waals surface area contributed by atoms with Crippen LogP contribution in [0, 0.1) is 12.7 Å². The largest absolute Gasteiger partial charge is 0.397 e. The summed E-state index contributed by atoms with van der Waals surface area (Å²) in [6.07, 6.45) is 1.49. The van der Waals surface area contributed by atoms with E-state index in [0.29, 0.717) is 11.2 Å². The van der Waals surface area contributed by atoms with Crippen molar-refractivity contribution in [3.63, 3.8) is 0 Å². The average molecular weight is 176 g/mol. The van der Waals surface area contributed by atoms with Crippen LogP contribution in [0.5, 0.6) is 0 Å². The first-order valence-corrected chi connectivity index (χ1v) is 3.99. The lowest BCUT2D eigenvalue weighted by molar-refractivity contribution is 0.637. The number of benzene rings is 1. The van der Waals surface area contributed by atoms with Crippen molar-refractivity contribution >= 4 is 16.6 Å². The van der Waals surface area contributed by atoms with Crippen LogP contribution in [0.1, 0.15) is 5.56 Å². The molecule has 13 heavy (non-hydrogen) atoms. The van der Waals surface area contributed by atoms with E-state index in [9.17, 15) is 4.39 Å². The SMILES string of the molecule is Cc1c(N)cnc2c(F)cccc12. The molecule has 0 spiro atoms. The van der Waals surface area contributed by atoms with Gasteiger partial charge in [0, 0.05) is 5.39 Å². The third kappa shape index (κ3) is 1.13. The Morgan fingerprint density at radius 1 is 1.38 bits per heavy atom. The summed E-state index contributed by atoms with van der Waals surface area (Å²) in [5.41, 5.74) is 7.51. The fourth-order valence-electron chi connectivity index (χ4n) is 1.34. The van der Waals surface area contributed by atoms with Gasteiger partial charge in [-0.1, -0.05) is 12.1 Å². The number of anilines is 1. The van der Waals surface area contributed by atoms with E-state index in [1.54, 1.807) is 6.07 Å². The minimum absolute atomic E-state index is 0.305. The molecule has 0 aliphatic carbocycles. The van der Waals surface area contributed by atoms with E-state index in [-0.39, 0.29) is 5.82 Å². The maximum absolute atomic E-state index is 13.2. The van der Waals surface area contributed by atoms with Crippen LogP contribution in [0.2, 0.25) is 0 Å². The summed E-state index contributed by atoms with van der Waals surface area (Å²) in [5, 5.41) is 0.778. The van der Waals surface area contributed by atoms with Gasteiger partial charge < -0.3 is 5.73 Å². The molecule has 0 atom stereocenters. The minimum atomic E-state index is -0.305. The molecule has 0 saturated carbocycles. The van der Waals surface area contributed by atoms with Gasteiger partial charge in [-0.25, -0.2) is 4.39 Å². The number of nitrogens with two attached hydrogens (primary N) is 1. The van der Waals surface area contributed by atoms with Gasteiger partial charge in [-0.05, 0) is 18.6 Å². The van der Waals surface area contributed by atoms with Crippen molar-refractivity contribution in [3.05, 3.63) is 35.8 Å². The van der Waals surface area contributed by atoms with Gasteiger partial charge in [-0.15, -0.1) is 0 Å². The average Bonchev–Trinajstić information content (AvgIpc) is 2.12. The Balaban J connectivity index is 2.94. The van der Waals surface area contributed by atoms with Gasteiger partial charge in [-0.3, -0.25) is 4.98 Å². The Labute approximate surface area is 75.2 Å². The van der Waals surface area contributed by atoms with Crippen LogP contribution in [0.15, 0.2) is 24.4 Å². The third-order valence-corrected chi connectivity index (χ3v) is 2.16. The molecule has 0 amide bonds. The molecule has 1 aromatic heterocycles. The Morgan fingerprint density at radius 2 is 2.15 bits per heavy atom. The quantitative estimate of drug-likeness (QED) is 0.668. The van der Waals surface area contributed by atoms with E-state index in [4.69, 9.17) is 5.73 Å². The van der Waals surface area contributed by atoms with Gasteiger partial charge in [0.05, 0.1) is 11.9 Å². The Bertz CT molecular complexity index is 466. The molecular formula is C10H9FN2. The zero-order valence-corrected chi connectivity index (χ0v) is 7.21. The van der Waals surface area contributed by atoms with Crippen LogP contribution in [-0.2, 0) is 0 Å². The molecule has 3 heteroatoms. The van der Waals surface area contributed by atoms with Crippen LogP contribution in [0.25, 0.3) is 10.9 Å². The van der Waals surface area contributed by atoms with Crippen LogP contribution in [0.3, 0.4) is 0 Å². The van der Waals surface area contributed by atoms with Crippen LogP contribution < -0.4 is 5.73 Å². The summed E-state index contributed by atoms with van der Waals surface area (Å²) in [4.78, 5) is 3.94. The number of pyridine rings is 1. The van der Waals surface area contributed by atoms with Gasteiger partial charge in [0.1, 0.15) is 11.3 Å². The number of rotatable bonds is 0. The Kier molecular flexibility index (Phi) is 1.65. The molecule has 66 valence electrons. The zero-order valence-electron chi connectivity index (χ0n) is 7.21. The van der Waals surface area contributed by atoms with Crippen LogP contribution in [-0.4, -0.2) is 4.98 Å². The standard InChI is InChI=1S/C10H9FN2/c1-6-7-3-2-4-8(11)10(7)13-5-9(6)12/h2-5H,12H2,1H3. The molecule has 2 aromatic rings. The van der Waals surface area contributed by atoms with E-state index in [1.807, 2.05) is 13.0 Å². The van der Waals surface area contributed by atoms with Crippen molar-refractivity contribution in [2.75, 3.05) is 5.73 Å². The van der Waals surface area contributed by atoms with Crippen LogP contribution >= 0.6 is 0 Å². The lowest BCUT2D eigenvalue weighted by Gasteiger charge is -2.04. The molecule has 0 aliphatic rings. The summed E-state index contributed by atoms with van der Waals surface area (Å²) >= 11 is 0. The highest BCUT2D eigenvalue weighted by atomic mass is 19.1. The maximum Gasteiger partial charge on any atom is 0.149 e. The number of nitrogens with zero attached hydrogens (tertiary/aromatic N) is 1. The van der Waals surface area contributed by atoms with E-state index in [0.717, 1.165) is 10.9 Å². The Morgan fingerprint density at radius 3 is 2.92 bits per heavy atom. The van der Waals surface area contributed by atoms with Gasteiger partial charge >= 0.3 is 0 Å². The van der Waals surface area contributed by atoms with E-state index in [2.05, 4.69) is 4.98 Å². The number of hydrogen-bond acceptors (Lipinski definition) is 2. The second-order valence-corrected chi connectivity index (χ2v) is 2.97. The molecule has 1 aromatic carbocycles.